The lowest BCUT2D eigenvalue weighted by Gasteiger charge is -2.05. The summed E-state index contributed by atoms with van der Waals surface area (Å²) in [5, 5.41) is 0. The first-order valence-corrected chi connectivity index (χ1v) is 4.73. The summed E-state index contributed by atoms with van der Waals surface area (Å²) in [7, 11) is 0. The highest BCUT2D eigenvalue weighted by Gasteiger charge is 2.86. The van der Waals surface area contributed by atoms with Crippen molar-refractivity contribution in [1.82, 2.24) is 0 Å². The van der Waals surface area contributed by atoms with Gasteiger partial charge in [0.1, 0.15) is 0 Å². The SMILES string of the molecule is CCCC12CC1(CC)C2C. The van der Waals surface area contributed by atoms with Gasteiger partial charge in [-0.15, -0.1) is 0 Å². The second kappa shape index (κ2) is 1.60. The summed E-state index contributed by atoms with van der Waals surface area (Å²) in [6, 6.07) is 0. The van der Waals surface area contributed by atoms with E-state index in [1.807, 2.05) is 0 Å². The van der Waals surface area contributed by atoms with Gasteiger partial charge in [-0.2, -0.15) is 0 Å². The molecule has 0 bridgehead atoms. The molecule has 0 heteroatoms. The molecule has 0 saturated heterocycles. The Kier molecular flexibility index (Phi) is 1.07. The second-order valence-electron chi connectivity index (χ2n) is 4.31. The molecule has 0 N–H and O–H groups in total. The Bertz CT molecular complexity index is 161. The van der Waals surface area contributed by atoms with Crippen molar-refractivity contribution in [3.8, 4) is 0 Å². The summed E-state index contributed by atoms with van der Waals surface area (Å²) in [4.78, 5) is 0. The maximum Gasteiger partial charge on any atom is -0.0201 e. The van der Waals surface area contributed by atoms with Crippen LogP contribution in [0.5, 0.6) is 0 Å². The van der Waals surface area contributed by atoms with Gasteiger partial charge in [-0.25, -0.2) is 0 Å². The Morgan fingerprint density at radius 1 is 1.30 bits per heavy atom. The minimum Gasteiger partial charge on any atom is -0.0654 e. The Morgan fingerprint density at radius 3 is 2.30 bits per heavy atom. The highest BCUT2D eigenvalue weighted by molar-refractivity contribution is 5.34. The van der Waals surface area contributed by atoms with Gasteiger partial charge in [0.15, 0.2) is 0 Å². The molecular weight excluding hydrogens is 120 g/mol. The van der Waals surface area contributed by atoms with Crippen molar-refractivity contribution in [1.29, 1.82) is 0 Å². The van der Waals surface area contributed by atoms with Crippen LogP contribution in [0.25, 0.3) is 0 Å². The molecule has 0 aromatic carbocycles. The second-order valence-corrected chi connectivity index (χ2v) is 4.31. The summed E-state index contributed by atoms with van der Waals surface area (Å²) >= 11 is 0. The molecule has 0 aliphatic heterocycles. The molecule has 2 rings (SSSR count). The average Bonchev–Trinajstić information content (AvgIpc) is 2.73. The zero-order valence-electron chi connectivity index (χ0n) is 7.41. The monoisotopic (exact) mass is 138 g/mol. The topological polar surface area (TPSA) is 0 Å². The van der Waals surface area contributed by atoms with Crippen LogP contribution in [0.4, 0.5) is 0 Å². The van der Waals surface area contributed by atoms with Crippen molar-refractivity contribution in [3.63, 3.8) is 0 Å². The van der Waals surface area contributed by atoms with E-state index in [0.717, 1.165) is 16.7 Å². The first-order chi connectivity index (χ1) is 4.73. The summed E-state index contributed by atoms with van der Waals surface area (Å²) in [5.74, 6) is 1.07. The highest BCUT2D eigenvalue weighted by atomic mass is 14.9. The Balaban J connectivity index is 2.00. The average molecular weight is 138 g/mol. The van der Waals surface area contributed by atoms with Crippen LogP contribution in [0.1, 0.15) is 46.5 Å². The molecular formula is C10H18. The molecule has 0 spiro atoms. The molecule has 0 nitrogen and oxygen atoms in total. The minimum atomic E-state index is 0.864. The zero-order chi connectivity index (χ0) is 7.41. The van der Waals surface area contributed by atoms with Crippen molar-refractivity contribution in [2.24, 2.45) is 16.7 Å². The Hall–Kier alpha value is 0. The largest absolute Gasteiger partial charge is 0.0654 e. The fourth-order valence-corrected chi connectivity index (χ4v) is 3.46. The molecule has 2 saturated carbocycles. The first-order valence-electron chi connectivity index (χ1n) is 4.73. The molecule has 0 radical (unpaired) electrons. The van der Waals surface area contributed by atoms with E-state index in [1.54, 1.807) is 6.42 Å². The van der Waals surface area contributed by atoms with E-state index in [4.69, 9.17) is 0 Å². The predicted octanol–water partition coefficient (Wildman–Crippen LogP) is 3.22. The molecule has 2 aliphatic carbocycles. The van der Waals surface area contributed by atoms with Gasteiger partial charge in [-0.05, 0) is 36.0 Å². The van der Waals surface area contributed by atoms with Gasteiger partial charge < -0.3 is 0 Å². The van der Waals surface area contributed by atoms with Crippen LogP contribution >= 0.6 is 0 Å². The first kappa shape index (κ1) is 6.69. The van der Waals surface area contributed by atoms with Crippen LogP contribution in [-0.2, 0) is 0 Å². The number of rotatable bonds is 3. The molecule has 3 atom stereocenters. The fourth-order valence-electron chi connectivity index (χ4n) is 3.46. The molecule has 0 heterocycles. The van der Waals surface area contributed by atoms with Crippen LogP contribution < -0.4 is 0 Å². The number of fused-ring (bicyclic) bond motifs is 1. The molecule has 0 amide bonds. The van der Waals surface area contributed by atoms with E-state index >= 15 is 0 Å². The van der Waals surface area contributed by atoms with Gasteiger partial charge in [-0.3, -0.25) is 0 Å². The van der Waals surface area contributed by atoms with Crippen molar-refractivity contribution >= 4 is 0 Å². The molecule has 3 unspecified atom stereocenters. The smallest absolute Gasteiger partial charge is 0.0201 e. The molecule has 58 valence electrons. The third kappa shape index (κ3) is 0.436. The van der Waals surface area contributed by atoms with E-state index in [9.17, 15) is 0 Å². The van der Waals surface area contributed by atoms with Gasteiger partial charge in [0.05, 0.1) is 0 Å². The molecule has 2 fully saturated rings. The maximum atomic E-state index is 2.45. The predicted molar refractivity (Wildman–Crippen MR) is 43.8 cm³/mol. The lowest BCUT2D eigenvalue weighted by Crippen LogP contribution is -1.95. The van der Waals surface area contributed by atoms with Gasteiger partial charge >= 0.3 is 0 Å². The van der Waals surface area contributed by atoms with Gasteiger partial charge in [0.2, 0.25) is 0 Å². The van der Waals surface area contributed by atoms with Gasteiger partial charge in [0.25, 0.3) is 0 Å². The third-order valence-electron chi connectivity index (χ3n) is 4.40. The summed E-state index contributed by atoms with van der Waals surface area (Å²) in [6.07, 6.45) is 5.90. The van der Waals surface area contributed by atoms with Crippen molar-refractivity contribution < 1.29 is 0 Å². The summed E-state index contributed by atoms with van der Waals surface area (Å²) < 4.78 is 0. The normalized spacial score (nSPS) is 56.1. The number of hydrogen-bond acceptors (Lipinski definition) is 0. The minimum absolute atomic E-state index is 0.864. The lowest BCUT2D eigenvalue weighted by molar-refractivity contribution is 0.450. The van der Waals surface area contributed by atoms with Crippen LogP contribution in [0.2, 0.25) is 0 Å². The Morgan fingerprint density at radius 2 is 2.00 bits per heavy atom. The highest BCUT2D eigenvalue weighted by Crippen LogP contribution is 2.92. The maximum absolute atomic E-state index is 2.45. The van der Waals surface area contributed by atoms with Crippen LogP contribution in [0.15, 0.2) is 0 Å². The van der Waals surface area contributed by atoms with Crippen LogP contribution in [-0.4, -0.2) is 0 Å². The summed E-state index contributed by atoms with van der Waals surface area (Å²) in [6.45, 7) is 7.13. The Labute approximate surface area is 64.0 Å². The van der Waals surface area contributed by atoms with Crippen molar-refractivity contribution in [2.75, 3.05) is 0 Å². The van der Waals surface area contributed by atoms with Crippen LogP contribution in [0.3, 0.4) is 0 Å². The molecule has 2 aliphatic rings. The van der Waals surface area contributed by atoms with E-state index in [1.165, 1.54) is 19.3 Å². The zero-order valence-corrected chi connectivity index (χ0v) is 7.41. The lowest BCUT2D eigenvalue weighted by atomic mass is 10.00. The fraction of sp³-hybridized carbons (Fsp3) is 1.00. The standard InChI is InChI=1S/C10H18/c1-4-6-10-7-9(10,5-2)8(10)3/h8H,4-7H2,1-3H3. The van der Waals surface area contributed by atoms with Crippen LogP contribution in [0, 0.1) is 16.7 Å². The number of hydrogen-bond donors (Lipinski definition) is 0. The molecule has 10 heavy (non-hydrogen) atoms. The quantitative estimate of drug-likeness (QED) is 0.561. The van der Waals surface area contributed by atoms with E-state index < -0.39 is 0 Å². The molecule has 0 aromatic heterocycles. The molecule has 0 aromatic rings. The van der Waals surface area contributed by atoms with E-state index in [2.05, 4.69) is 20.8 Å². The van der Waals surface area contributed by atoms with Gasteiger partial charge in [0, 0.05) is 0 Å². The van der Waals surface area contributed by atoms with E-state index in [-0.39, 0.29) is 0 Å². The van der Waals surface area contributed by atoms with Gasteiger partial charge in [-0.1, -0.05) is 27.2 Å². The van der Waals surface area contributed by atoms with E-state index in [0.29, 0.717) is 0 Å². The van der Waals surface area contributed by atoms with Crippen molar-refractivity contribution in [3.05, 3.63) is 0 Å². The summed E-state index contributed by atoms with van der Waals surface area (Å²) in [5.41, 5.74) is 1.74. The third-order valence-corrected chi connectivity index (χ3v) is 4.40. The van der Waals surface area contributed by atoms with Crippen molar-refractivity contribution in [2.45, 2.75) is 46.5 Å².